The van der Waals surface area contributed by atoms with Gasteiger partial charge in [0.25, 0.3) is 0 Å². The van der Waals surface area contributed by atoms with Crippen LogP contribution in [0.2, 0.25) is 0 Å². The van der Waals surface area contributed by atoms with Crippen LogP contribution in [0.5, 0.6) is 11.5 Å². The first kappa shape index (κ1) is 13.9. The zero-order valence-electron chi connectivity index (χ0n) is 9.28. The lowest BCUT2D eigenvalue weighted by Crippen LogP contribution is -2.27. The highest BCUT2D eigenvalue weighted by Crippen LogP contribution is 2.33. The molecule has 0 aliphatic heterocycles. The van der Waals surface area contributed by atoms with Gasteiger partial charge in [0.15, 0.2) is 18.2 Å². The Bertz CT molecular complexity index is 439. The minimum absolute atomic E-state index is 0.143. The standard InChI is InChI=1S/C10H10F3NO4/c1-16-9(15)17-8-4-6(14)2-3-7(8)18-10(12,13)5-11/h2-4H,5,14H2,1H3. The highest BCUT2D eigenvalue weighted by atomic mass is 19.3. The van der Waals surface area contributed by atoms with Gasteiger partial charge < -0.3 is 19.9 Å². The van der Waals surface area contributed by atoms with Crippen LogP contribution in [0.3, 0.4) is 0 Å². The Morgan fingerprint density at radius 2 is 2.06 bits per heavy atom. The number of carbonyl (C=O) groups is 1. The molecule has 2 N–H and O–H groups in total. The fourth-order valence-corrected chi connectivity index (χ4v) is 1.01. The number of hydrogen-bond acceptors (Lipinski definition) is 5. The normalized spacial score (nSPS) is 10.9. The molecular formula is C10H10F3NO4. The summed E-state index contributed by atoms with van der Waals surface area (Å²) in [6.07, 6.45) is -5.17. The monoisotopic (exact) mass is 265 g/mol. The molecule has 0 amide bonds. The summed E-state index contributed by atoms with van der Waals surface area (Å²) in [6.45, 7) is -2.02. The molecule has 0 fully saturated rings. The molecule has 1 aromatic rings. The number of methoxy groups -OCH3 is 1. The van der Waals surface area contributed by atoms with Gasteiger partial charge in [-0.3, -0.25) is 0 Å². The van der Waals surface area contributed by atoms with Crippen LogP contribution in [0.4, 0.5) is 23.7 Å². The SMILES string of the molecule is COC(=O)Oc1cc(N)ccc1OC(F)(F)CF. The van der Waals surface area contributed by atoms with Crippen molar-refractivity contribution < 1.29 is 32.2 Å². The molecular weight excluding hydrogens is 255 g/mol. The van der Waals surface area contributed by atoms with Gasteiger partial charge in [-0.15, -0.1) is 0 Å². The minimum Gasteiger partial charge on any atom is -0.437 e. The molecule has 0 unspecified atom stereocenters. The van der Waals surface area contributed by atoms with Gasteiger partial charge in [0.1, 0.15) is 0 Å². The Morgan fingerprint density at radius 1 is 1.39 bits per heavy atom. The van der Waals surface area contributed by atoms with Crippen molar-refractivity contribution in [3.8, 4) is 11.5 Å². The molecule has 0 bridgehead atoms. The van der Waals surface area contributed by atoms with Crippen LogP contribution in [0.15, 0.2) is 18.2 Å². The highest BCUT2D eigenvalue weighted by molar-refractivity contribution is 5.66. The average molecular weight is 265 g/mol. The topological polar surface area (TPSA) is 70.8 Å². The molecule has 100 valence electrons. The molecule has 0 aromatic heterocycles. The maximum atomic E-state index is 12.7. The summed E-state index contributed by atoms with van der Waals surface area (Å²) in [5.41, 5.74) is 5.54. The molecule has 0 spiro atoms. The Labute approximate surface area is 100 Å². The van der Waals surface area contributed by atoms with Crippen molar-refractivity contribution in [3.05, 3.63) is 18.2 Å². The number of anilines is 1. The molecule has 1 rings (SSSR count). The average Bonchev–Trinajstić information content (AvgIpc) is 2.32. The van der Waals surface area contributed by atoms with Crippen LogP contribution in [0.25, 0.3) is 0 Å². The fraction of sp³-hybridized carbons (Fsp3) is 0.300. The Kier molecular flexibility index (Phi) is 4.24. The van der Waals surface area contributed by atoms with Gasteiger partial charge in [0.05, 0.1) is 7.11 Å². The van der Waals surface area contributed by atoms with E-state index < -0.39 is 30.4 Å². The summed E-state index contributed by atoms with van der Waals surface area (Å²) in [7, 11) is 1.03. The summed E-state index contributed by atoms with van der Waals surface area (Å²) < 4.78 is 50.3. The number of ether oxygens (including phenoxy) is 3. The Morgan fingerprint density at radius 3 is 2.61 bits per heavy atom. The number of rotatable bonds is 4. The van der Waals surface area contributed by atoms with Gasteiger partial charge in [0, 0.05) is 11.8 Å². The predicted octanol–water partition coefficient (Wildman–Crippen LogP) is 2.36. The number of carbonyl (C=O) groups excluding carboxylic acids is 1. The highest BCUT2D eigenvalue weighted by Gasteiger charge is 2.33. The third-order valence-corrected chi connectivity index (χ3v) is 1.74. The van der Waals surface area contributed by atoms with Crippen LogP contribution in [0.1, 0.15) is 0 Å². The van der Waals surface area contributed by atoms with Crippen LogP contribution in [-0.2, 0) is 4.74 Å². The second kappa shape index (κ2) is 5.48. The minimum atomic E-state index is -4.02. The van der Waals surface area contributed by atoms with Crippen molar-refractivity contribution in [2.45, 2.75) is 6.11 Å². The van der Waals surface area contributed by atoms with Gasteiger partial charge in [-0.1, -0.05) is 0 Å². The van der Waals surface area contributed by atoms with Crippen LogP contribution in [0, 0.1) is 0 Å². The van der Waals surface area contributed by atoms with E-state index in [0.717, 1.165) is 19.2 Å². The van der Waals surface area contributed by atoms with Gasteiger partial charge in [-0.25, -0.2) is 9.18 Å². The smallest absolute Gasteiger partial charge is 0.437 e. The first-order valence-corrected chi connectivity index (χ1v) is 4.66. The van der Waals surface area contributed by atoms with Crippen molar-refractivity contribution >= 4 is 11.8 Å². The van der Waals surface area contributed by atoms with E-state index in [9.17, 15) is 18.0 Å². The number of nitrogen functional groups attached to an aromatic ring is 1. The van der Waals surface area contributed by atoms with Gasteiger partial charge in [-0.05, 0) is 12.1 Å². The van der Waals surface area contributed by atoms with Crippen molar-refractivity contribution in [3.63, 3.8) is 0 Å². The number of nitrogens with two attached hydrogens (primary N) is 1. The number of hydrogen-bond donors (Lipinski definition) is 1. The number of alkyl halides is 3. The maximum absolute atomic E-state index is 12.7. The molecule has 0 heterocycles. The summed E-state index contributed by atoms with van der Waals surface area (Å²) in [5, 5.41) is 0. The largest absolute Gasteiger partial charge is 0.513 e. The molecule has 0 saturated heterocycles. The molecule has 0 saturated carbocycles. The van der Waals surface area contributed by atoms with Crippen molar-refractivity contribution in [2.24, 2.45) is 0 Å². The van der Waals surface area contributed by atoms with Crippen molar-refractivity contribution in [1.82, 2.24) is 0 Å². The third-order valence-electron chi connectivity index (χ3n) is 1.74. The second-order valence-electron chi connectivity index (χ2n) is 3.14. The van der Waals surface area contributed by atoms with Gasteiger partial charge in [0.2, 0.25) is 0 Å². The zero-order valence-corrected chi connectivity index (χ0v) is 9.28. The van der Waals surface area contributed by atoms with Crippen molar-refractivity contribution in [1.29, 1.82) is 0 Å². The molecule has 8 heteroatoms. The number of halogens is 3. The lowest BCUT2D eigenvalue weighted by Gasteiger charge is -2.16. The summed E-state index contributed by atoms with van der Waals surface area (Å²) in [4.78, 5) is 10.9. The predicted molar refractivity (Wildman–Crippen MR) is 55.4 cm³/mol. The van der Waals surface area contributed by atoms with Crippen molar-refractivity contribution in [2.75, 3.05) is 19.5 Å². The van der Waals surface area contributed by atoms with E-state index in [4.69, 9.17) is 5.73 Å². The van der Waals surface area contributed by atoms with Crippen LogP contribution < -0.4 is 15.2 Å². The molecule has 1 aromatic carbocycles. The van der Waals surface area contributed by atoms with E-state index >= 15 is 0 Å². The van der Waals surface area contributed by atoms with E-state index in [1.165, 1.54) is 6.07 Å². The quantitative estimate of drug-likeness (QED) is 0.514. The molecule has 5 nitrogen and oxygen atoms in total. The summed E-state index contributed by atoms with van der Waals surface area (Å²) in [6, 6.07) is 3.32. The molecule has 0 aliphatic rings. The molecule has 0 radical (unpaired) electrons. The maximum Gasteiger partial charge on any atom is 0.513 e. The zero-order chi connectivity index (χ0) is 13.8. The van der Waals surface area contributed by atoms with Crippen LogP contribution in [-0.4, -0.2) is 26.0 Å². The van der Waals surface area contributed by atoms with Crippen LogP contribution >= 0.6 is 0 Å². The van der Waals surface area contributed by atoms with Gasteiger partial charge in [-0.2, -0.15) is 8.78 Å². The van der Waals surface area contributed by atoms with E-state index in [1.54, 1.807) is 0 Å². The lowest BCUT2D eigenvalue weighted by atomic mass is 10.3. The first-order valence-electron chi connectivity index (χ1n) is 4.66. The van der Waals surface area contributed by atoms with E-state index in [2.05, 4.69) is 14.2 Å². The third kappa shape index (κ3) is 3.72. The lowest BCUT2D eigenvalue weighted by molar-refractivity contribution is -0.187. The van der Waals surface area contributed by atoms with E-state index in [-0.39, 0.29) is 5.69 Å². The first-order chi connectivity index (χ1) is 8.38. The van der Waals surface area contributed by atoms with E-state index in [0.29, 0.717) is 0 Å². The molecule has 18 heavy (non-hydrogen) atoms. The molecule has 0 aliphatic carbocycles. The Balaban J connectivity index is 2.99. The number of benzene rings is 1. The second-order valence-corrected chi connectivity index (χ2v) is 3.14. The van der Waals surface area contributed by atoms with Gasteiger partial charge >= 0.3 is 12.3 Å². The fourth-order valence-electron chi connectivity index (χ4n) is 1.01. The summed E-state index contributed by atoms with van der Waals surface area (Å²) in [5.74, 6) is -0.924. The summed E-state index contributed by atoms with van der Waals surface area (Å²) >= 11 is 0. The van der Waals surface area contributed by atoms with E-state index in [1.807, 2.05) is 0 Å². The molecule has 0 atom stereocenters. The Hall–Kier alpha value is -2.12.